The van der Waals surface area contributed by atoms with Gasteiger partial charge in [0.25, 0.3) is 0 Å². The number of rotatable bonds is 2. The molecule has 0 aromatic carbocycles. The van der Waals surface area contributed by atoms with E-state index in [4.69, 9.17) is 9.47 Å². The molecule has 1 heterocycles. The molecule has 12 heavy (non-hydrogen) atoms. The van der Waals surface area contributed by atoms with Crippen LogP contribution in [0, 0.1) is 5.92 Å². The minimum absolute atomic E-state index is 0.0391. The van der Waals surface area contributed by atoms with Crippen LogP contribution in [-0.4, -0.2) is 30.7 Å². The molecule has 0 radical (unpaired) electrons. The molecular formula is C9H16O3. The van der Waals surface area contributed by atoms with Crippen molar-refractivity contribution in [2.75, 3.05) is 13.2 Å². The molecule has 0 aromatic rings. The van der Waals surface area contributed by atoms with Crippen LogP contribution >= 0.6 is 0 Å². The first kappa shape index (κ1) is 8.48. The van der Waals surface area contributed by atoms with Gasteiger partial charge in [-0.2, -0.15) is 0 Å². The number of hydrogen-bond donors (Lipinski definition) is 1. The molecule has 0 unspecified atom stereocenters. The van der Waals surface area contributed by atoms with E-state index < -0.39 is 0 Å². The fourth-order valence-electron chi connectivity index (χ4n) is 2.08. The Bertz CT molecular complexity index is 143. The maximum Gasteiger partial charge on any atom is 0.158 e. The molecular weight excluding hydrogens is 156 g/mol. The predicted molar refractivity (Wildman–Crippen MR) is 43.7 cm³/mol. The summed E-state index contributed by atoms with van der Waals surface area (Å²) in [6.45, 7) is 1.43. The van der Waals surface area contributed by atoms with Crippen LogP contribution < -0.4 is 0 Å². The molecule has 0 aromatic heterocycles. The second kappa shape index (κ2) is 3.73. The van der Waals surface area contributed by atoms with E-state index in [0.717, 1.165) is 25.7 Å². The van der Waals surface area contributed by atoms with Crippen LogP contribution in [0.4, 0.5) is 0 Å². The smallest absolute Gasteiger partial charge is 0.158 e. The molecule has 2 fully saturated rings. The van der Waals surface area contributed by atoms with E-state index in [9.17, 15) is 5.11 Å². The molecule has 1 aliphatic carbocycles. The van der Waals surface area contributed by atoms with E-state index in [1.165, 1.54) is 0 Å². The largest absolute Gasteiger partial charge is 0.393 e. The molecule has 70 valence electrons. The first-order chi connectivity index (χ1) is 5.86. The molecule has 0 amide bonds. The lowest BCUT2D eigenvalue weighted by molar-refractivity contribution is -0.0658. The van der Waals surface area contributed by atoms with Crippen LogP contribution in [0.15, 0.2) is 0 Å². The van der Waals surface area contributed by atoms with Crippen LogP contribution in [0.3, 0.4) is 0 Å². The van der Waals surface area contributed by atoms with Gasteiger partial charge < -0.3 is 14.6 Å². The van der Waals surface area contributed by atoms with Gasteiger partial charge in [0.2, 0.25) is 0 Å². The molecule has 3 heteroatoms. The van der Waals surface area contributed by atoms with Crippen molar-refractivity contribution in [3.05, 3.63) is 0 Å². The third-order valence-electron chi connectivity index (χ3n) is 2.80. The maximum atomic E-state index is 9.54. The van der Waals surface area contributed by atoms with E-state index >= 15 is 0 Å². The minimum atomic E-state index is -0.113. The van der Waals surface area contributed by atoms with Crippen LogP contribution in [0.25, 0.3) is 0 Å². The van der Waals surface area contributed by atoms with Crippen LogP contribution in [0.2, 0.25) is 0 Å². The Morgan fingerprint density at radius 2 is 1.92 bits per heavy atom. The van der Waals surface area contributed by atoms with E-state index in [0.29, 0.717) is 19.1 Å². The van der Waals surface area contributed by atoms with Crippen molar-refractivity contribution in [2.24, 2.45) is 5.92 Å². The van der Waals surface area contributed by atoms with Gasteiger partial charge in [-0.05, 0) is 18.8 Å². The van der Waals surface area contributed by atoms with Crippen molar-refractivity contribution in [1.29, 1.82) is 0 Å². The first-order valence-electron chi connectivity index (χ1n) is 4.77. The van der Waals surface area contributed by atoms with Crippen molar-refractivity contribution in [2.45, 2.75) is 38.1 Å². The summed E-state index contributed by atoms with van der Waals surface area (Å²) in [5.74, 6) is 0.410. The fraction of sp³-hybridized carbons (Fsp3) is 1.00. The van der Waals surface area contributed by atoms with E-state index in [2.05, 4.69) is 0 Å². The lowest BCUT2D eigenvalue weighted by Gasteiger charge is -2.17. The molecule has 1 saturated heterocycles. The van der Waals surface area contributed by atoms with Crippen LogP contribution in [-0.2, 0) is 9.47 Å². The van der Waals surface area contributed by atoms with Crippen molar-refractivity contribution in [1.82, 2.24) is 0 Å². The SMILES string of the molecule is O[C@@H]1CCC[C@@H]1CC1OCCO1. The lowest BCUT2D eigenvalue weighted by Crippen LogP contribution is -2.20. The van der Waals surface area contributed by atoms with Gasteiger partial charge in [-0.25, -0.2) is 0 Å². The van der Waals surface area contributed by atoms with Gasteiger partial charge in [-0.15, -0.1) is 0 Å². The lowest BCUT2D eigenvalue weighted by atomic mass is 10.0. The third-order valence-corrected chi connectivity index (χ3v) is 2.80. The highest BCUT2D eigenvalue weighted by Gasteiger charge is 2.29. The summed E-state index contributed by atoms with van der Waals surface area (Å²) in [6, 6.07) is 0. The van der Waals surface area contributed by atoms with Gasteiger partial charge >= 0.3 is 0 Å². The molecule has 1 aliphatic heterocycles. The molecule has 1 N–H and O–H groups in total. The summed E-state index contributed by atoms with van der Waals surface area (Å²) in [7, 11) is 0. The van der Waals surface area contributed by atoms with Crippen LogP contribution in [0.1, 0.15) is 25.7 Å². The van der Waals surface area contributed by atoms with Gasteiger partial charge in [-0.3, -0.25) is 0 Å². The highest BCUT2D eigenvalue weighted by Crippen LogP contribution is 2.30. The first-order valence-corrected chi connectivity index (χ1v) is 4.77. The quantitative estimate of drug-likeness (QED) is 0.673. The molecule has 1 saturated carbocycles. The van der Waals surface area contributed by atoms with Crippen molar-refractivity contribution in [3.8, 4) is 0 Å². The molecule has 3 nitrogen and oxygen atoms in total. The zero-order valence-electron chi connectivity index (χ0n) is 7.24. The fourth-order valence-corrected chi connectivity index (χ4v) is 2.08. The average molecular weight is 172 g/mol. The van der Waals surface area contributed by atoms with Gasteiger partial charge in [0.15, 0.2) is 6.29 Å². The summed E-state index contributed by atoms with van der Waals surface area (Å²) in [5.41, 5.74) is 0. The van der Waals surface area contributed by atoms with Gasteiger partial charge in [0.1, 0.15) is 0 Å². The zero-order valence-corrected chi connectivity index (χ0v) is 7.24. The molecule has 0 bridgehead atoms. The Labute approximate surface area is 72.7 Å². The minimum Gasteiger partial charge on any atom is -0.393 e. The number of aliphatic hydroxyl groups excluding tert-OH is 1. The number of ether oxygens (including phenoxy) is 2. The second-order valence-corrected chi connectivity index (χ2v) is 3.67. The van der Waals surface area contributed by atoms with Crippen molar-refractivity contribution < 1.29 is 14.6 Å². The summed E-state index contributed by atoms with van der Waals surface area (Å²) >= 11 is 0. The summed E-state index contributed by atoms with van der Waals surface area (Å²) in [4.78, 5) is 0. The van der Waals surface area contributed by atoms with Crippen LogP contribution in [0.5, 0.6) is 0 Å². The summed E-state index contributed by atoms with van der Waals surface area (Å²) in [5, 5.41) is 9.54. The average Bonchev–Trinajstić information content (AvgIpc) is 2.65. The number of aliphatic hydroxyl groups is 1. The van der Waals surface area contributed by atoms with E-state index in [1.807, 2.05) is 0 Å². The zero-order chi connectivity index (χ0) is 8.39. The van der Waals surface area contributed by atoms with Gasteiger partial charge in [0, 0.05) is 6.42 Å². The summed E-state index contributed by atoms with van der Waals surface area (Å²) < 4.78 is 10.7. The highest BCUT2D eigenvalue weighted by atomic mass is 16.7. The summed E-state index contributed by atoms with van der Waals surface area (Å²) in [6.07, 6.45) is 3.96. The van der Waals surface area contributed by atoms with Crippen molar-refractivity contribution in [3.63, 3.8) is 0 Å². The molecule has 2 atom stereocenters. The monoisotopic (exact) mass is 172 g/mol. The normalized spacial score (nSPS) is 37.8. The Balaban J connectivity index is 1.77. The van der Waals surface area contributed by atoms with E-state index in [-0.39, 0.29) is 12.4 Å². The topological polar surface area (TPSA) is 38.7 Å². The predicted octanol–water partition coefficient (Wildman–Crippen LogP) is 0.910. The van der Waals surface area contributed by atoms with Gasteiger partial charge in [0.05, 0.1) is 19.3 Å². The second-order valence-electron chi connectivity index (χ2n) is 3.67. The third kappa shape index (κ3) is 1.79. The standard InChI is InChI=1S/C9H16O3/c10-8-3-1-2-7(8)6-9-11-4-5-12-9/h7-10H,1-6H2/t7-,8-/m1/s1. The van der Waals surface area contributed by atoms with Crippen molar-refractivity contribution >= 4 is 0 Å². The van der Waals surface area contributed by atoms with Gasteiger partial charge in [-0.1, -0.05) is 6.42 Å². The number of hydrogen-bond acceptors (Lipinski definition) is 3. The Morgan fingerprint density at radius 3 is 2.50 bits per heavy atom. The Kier molecular flexibility index (Phi) is 2.63. The highest BCUT2D eigenvalue weighted by molar-refractivity contribution is 4.77. The Hall–Kier alpha value is -0.120. The maximum absolute atomic E-state index is 9.54. The molecule has 0 spiro atoms. The molecule has 2 rings (SSSR count). The molecule has 2 aliphatic rings. The Morgan fingerprint density at radius 1 is 1.17 bits per heavy atom. The van der Waals surface area contributed by atoms with E-state index in [1.54, 1.807) is 0 Å².